The van der Waals surface area contributed by atoms with Gasteiger partial charge in [-0.3, -0.25) is 0 Å². The van der Waals surface area contributed by atoms with E-state index in [2.05, 4.69) is 25.3 Å². The third kappa shape index (κ3) is 0.937. The maximum absolute atomic E-state index is 6.75. The van der Waals surface area contributed by atoms with E-state index < -0.39 is 0 Å². The molecule has 0 radical (unpaired) electrons. The van der Waals surface area contributed by atoms with Gasteiger partial charge in [-0.1, -0.05) is 0 Å². The minimum Gasteiger partial charge on any atom is -0.369 e. The van der Waals surface area contributed by atoms with Gasteiger partial charge in [0.1, 0.15) is 0 Å². The largest absolute Gasteiger partial charge is 0.369 e. The van der Waals surface area contributed by atoms with Crippen molar-refractivity contribution in [1.82, 2.24) is 24.6 Å². The van der Waals surface area contributed by atoms with E-state index in [1.54, 1.807) is 0 Å². The van der Waals surface area contributed by atoms with Gasteiger partial charge in [0.15, 0.2) is 0 Å². The molecule has 0 aromatic carbocycles. The number of hydrogen-bond acceptors (Lipinski definition) is 8. The summed E-state index contributed by atoms with van der Waals surface area (Å²) in [5.74, 6) is 0.260. The van der Waals surface area contributed by atoms with Crippen LogP contribution in [0.3, 0.4) is 0 Å². The zero-order valence-electron chi connectivity index (χ0n) is 6.34. The SMILES string of the molecule is N=Nc1nnc2nc(N)nc(N)n12. The number of rotatable bonds is 1. The van der Waals surface area contributed by atoms with Crippen LogP contribution in [-0.4, -0.2) is 24.6 Å². The lowest BCUT2D eigenvalue weighted by molar-refractivity contribution is 0.981. The molecule has 0 saturated heterocycles. The normalized spacial score (nSPS) is 10.5. The summed E-state index contributed by atoms with van der Waals surface area (Å²) in [6.45, 7) is 0. The highest BCUT2D eigenvalue weighted by atomic mass is 15.4. The predicted molar refractivity (Wildman–Crippen MR) is 42.2 cm³/mol. The van der Waals surface area contributed by atoms with Gasteiger partial charge in [-0.25, -0.2) is 9.93 Å². The van der Waals surface area contributed by atoms with Crippen LogP contribution in [0.25, 0.3) is 5.78 Å². The first kappa shape index (κ1) is 7.34. The Kier molecular flexibility index (Phi) is 1.32. The number of nitrogens with two attached hydrogens (primary N) is 2. The molecule has 2 rings (SSSR count). The van der Waals surface area contributed by atoms with Crippen molar-refractivity contribution in [2.75, 3.05) is 11.5 Å². The Bertz CT molecular complexity index is 470. The molecule has 0 spiro atoms. The van der Waals surface area contributed by atoms with Gasteiger partial charge in [0.05, 0.1) is 0 Å². The highest BCUT2D eigenvalue weighted by Gasteiger charge is 2.09. The maximum atomic E-state index is 6.75. The van der Waals surface area contributed by atoms with E-state index in [1.165, 1.54) is 4.40 Å². The molecule has 0 atom stereocenters. The minimum atomic E-state index is 0.00827. The van der Waals surface area contributed by atoms with Crippen molar-refractivity contribution < 1.29 is 0 Å². The predicted octanol–water partition coefficient (Wildman–Crippen LogP) is -0.654. The van der Waals surface area contributed by atoms with Crippen molar-refractivity contribution >= 4 is 23.6 Å². The van der Waals surface area contributed by atoms with Gasteiger partial charge in [-0.15, -0.1) is 15.3 Å². The van der Waals surface area contributed by atoms with Crippen LogP contribution in [0.2, 0.25) is 0 Å². The Morgan fingerprint density at radius 2 is 2.00 bits per heavy atom. The van der Waals surface area contributed by atoms with Crippen molar-refractivity contribution in [1.29, 1.82) is 5.53 Å². The van der Waals surface area contributed by atoms with Gasteiger partial charge in [-0.2, -0.15) is 9.97 Å². The third-order valence-corrected chi connectivity index (χ3v) is 1.40. The molecule has 13 heavy (non-hydrogen) atoms. The smallest absolute Gasteiger partial charge is 0.277 e. The van der Waals surface area contributed by atoms with Crippen molar-refractivity contribution in [3.63, 3.8) is 0 Å². The standard InChI is InChI=1S/C4H5N9/c5-1-8-2(6)13-3(9-1)11-12-4(13)10-7/h7H,(H4,5,6,8,9,11). The minimum absolute atomic E-state index is 0.00827. The number of nitrogens with one attached hydrogen (secondary N) is 1. The fourth-order valence-electron chi connectivity index (χ4n) is 0.913. The van der Waals surface area contributed by atoms with Gasteiger partial charge in [0.2, 0.25) is 11.9 Å². The average molecular weight is 179 g/mol. The maximum Gasteiger partial charge on any atom is 0.277 e. The topological polar surface area (TPSA) is 144 Å². The van der Waals surface area contributed by atoms with Gasteiger partial charge >= 0.3 is 0 Å². The van der Waals surface area contributed by atoms with E-state index in [1.807, 2.05) is 0 Å². The van der Waals surface area contributed by atoms with Crippen molar-refractivity contribution in [2.45, 2.75) is 0 Å². The van der Waals surface area contributed by atoms with Crippen LogP contribution in [-0.2, 0) is 0 Å². The van der Waals surface area contributed by atoms with Gasteiger partial charge in [0, 0.05) is 0 Å². The Morgan fingerprint density at radius 3 is 2.69 bits per heavy atom. The molecule has 2 aromatic heterocycles. The molecule has 66 valence electrons. The van der Waals surface area contributed by atoms with E-state index in [4.69, 9.17) is 17.0 Å². The molecule has 0 saturated carbocycles. The number of anilines is 2. The summed E-state index contributed by atoms with van der Waals surface area (Å²) in [4.78, 5) is 7.40. The van der Waals surface area contributed by atoms with E-state index in [0.717, 1.165) is 0 Å². The number of aromatic nitrogens is 5. The number of nitrogens with zero attached hydrogens (tertiary/aromatic N) is 6. The molecule has 0 bridgehead atoms. The number of nitrogen functional groups attached to an aromatic ring is 2. The molecule has 0 aliphatic rings. The summed E-state index contributed by atoms with van der Waals surface area (Å²) in [7, 11) is 0. The van der Waals surface area contributed by atoms with Crippen LogP contribution in [0.1, 0.15) is 0 Å². The molecule has 9 heteroatoms. The lowest BCUT2D eigenvalue weighted by Crippen LogP contribution is -2.05. The summed E-state index contributed by atoms with van der Waals surface area (Å²) in [6, 6.07) is 0. The van der Waals surface area contributed by atoms with E-state index in [-0.39, 0.29) is 23.6 Å². The summed E-state index contributed by atoms with van der Waals surface area (Å²) in [5, 5.41) is 10.2. The van der Waals surface area contributed by atoms with Crippen LogP contribution in [0, 0.1) is 5.53 Å². The molecule has 0 amide bonds. The number of hydrogen-bond donors (Lipinski definition) is 3. The Hall–Kier alpha value is -2.32. The second-order valence-corrected chi connectivity index (χ2v) is 2.19. The van der Waals surface area contributed by atoms with Gasteiger partial charge in [-0.05, 0) is 0 Å². The Morgan fingerprint density at radius 1 is 1.23 bits per heavy atom. The molecule has 0 aliphatic heterocycles. The lowest BCUT2D eigenvalue weighted by atomic mass is 10.8. The zero-order valence-corrected chi connectivity index (χ0v) is 6.34. The lowest BCUT2D eigenvalue weighted by Gasteiger charge is -1.97. The highest BCUT2D eigenvalue weighted by molar-refractivity contribution is 5.46. The average Bonchev–Trinajstić information content (AvgIpc) is 2.47. The molecular formula is C4H5N9. The van der Waals surface area contributed by atoms with Crippen LogP contribution in [0.5, 0.6) is 0 Å². The third-order valence-electron chi connectivity index (χ3n) is 1.40. The monoisotopic (exact) mass is 179 g/mol. The first-order valence-corrected chi connectivity index (χ1v) is 3.24. The van der Waals surface area contributed by atoms with Crippen molar-refractivity contribution in [3.05, 3.63) is 0 Å². The highest BCUT2D eigenvalue weighted by Crippen LogP contribution is 2.13. The molecule has 2 aromatic rings. The number of fused-ring (bicyclic) bond motifs is 1. The fourth-order valence-corrected chi connectivity index (χ4v) is 0.913. The van der Waals surface area contributed by atoms with Crippen LogP contribution in [0.15, 0.2) is 5.11 Å². The Labute approximate surface area is 71.3 Å². The molecule has 9 nitrogen and oxygen atoms in total. The summed E-state index contributed by atoms with van der Waals surface area (Å²) >= 11 is 0. The molecule has 0 aliphatic carbocycles. The molecule has 0 fully saturated rings. The van der Waals surface area contributed by atoms with Crippen LogP contribution < -0.4 is 11.5 Å². The first-order valence-electron chi connectivity index (χ1n) is 3.24. The molecule has 2 heterocycles. The van der Waals surface area contributed by atoms with E-state index in [9.17, 15) is 0 Å². The Balaban J connectivity index is 2.89. The summed E-state index contributed by atoms with van der Waals surface area (Å²) in [5.41, 5.74) is 17.6. The van der Waals surface area contributed by atoms with E-state index in [0.29, 0.717) is 0 Å². The second-order valence-electron chi connectivity index (χ2n) is 2.19. The van der Waals surface area contributed by atoms with Crippen molar-refractivity contribution in [3.8, 4) is 0 Å². The van der Waals surface area contributed by atoms with Gasteiger partial charge in [0.25, 0.3) is 11.7 Å². The summed E-state index contributed by atoms with van der Waals surface area (Å²) < 4.78 is 1.23. The van der Waals surface area contributed by atoms with Gasteiger partial charge < -0.3 is 11.5 Å². The molecular weight excluding hydrogens is 174 g/mol. The van der Waals surface area contributed by atoms with Crippen molar-refractivity contribution in [2.24, 2.45) is 5.11 Å². The molecule has 5 N–H and O–H groups in total. The zero-order chi connectivity index (χ0) is 9.42. The molecule has 0 unspecified atom stereocenters. The van der Waals surface area contributed by atoms with Crippen LogP contribution >= 0.6 is 0 Å². The second kappa shape index (κ2) is 2.33. The van der Waals surface area contributed by atoms with E-state index >= 15 is 0 Å². The fraction of sp³-hybridized carbons (Fsp3) is 0. The van der Waals surface area contributed by atoms with Crippen LogP contribution in [0.4, 0.5) is 17.8 Å². The quantitative estimate of drug-likeness (QED) is 0.496. The first-order chi connectivity index (χ1) is 6.22. The summed E-state index contributed by atoms with van der Waals surface area (Å²) in [6.07, 6.45) is 0.